The summed E-state index contributed by atoms with van der Waals surface area (Å²) in [7, 11) is 1.47. The summed E-state index contributed by atoms with van der Waals surface area (Å²) in [6.45, 7) is -0.144. The Kier molecular flexibility index (Phi) is 3.28. The highest BCUT2D eigenvalue weighted by Crippen LogP contribution is 2.12. The molecule has 0 spiro atoms. The van der Waals surface area contributed by atoms with Gasteiger partial charge in [0.05, 0.1) is 6.54 Å². The van der Waals surface area contributed by atoms with Gasteiger partial charge in [-0.1, -0.05) is 6.07 Å². The van der Waals surface area contributed by atoms with Crippen LogP contribution in [-0.2, 0) is 4.79 Å². The van der Waals surface area contributed by atoms with Gasteiger partial charge in [-0.15, -0.1) is 0 Å². The van der Waals surface area contributed by atoms with Crippen molar-refractivity contribution in [3.63, 3.8) is 0 Å². The number of nitrogens with zero attached hydrogens (tertiary/aromatic N) is 1. The van der Waals surface area contributed by atoms with Gasteiger partial charge < -0.3 is 15.7 Å². The minimum absolute atomic E-state index is 0.00771. The minimum atomic E-state index is -0.578. The Labute approximate surface area is 87.1 Å². The number of hydrogen-bond acceptors (Lipinski definition) is 3. The normalized spacial score (nSPS) is 9.67. The van der Waals surface area contributed by atoms with Crippen molar-refractivity contribution >= 4 is 11.8 Å². The van der Waals surface area contributed by atoms with Crippen molar-refractivity contribution in [2.24, 2.45) is 5.73 Å². The smallest absolute Gasteiger partial charge is 0.254 e. The first-order valence-electron chi connectivity index (χ1n) is 4.33. The molecule has 0 aromatic heterocycles. The van der Waals surface area contributed by atoms with E-state index in [1.807, 2.05) is 0 Å². The second kappa shape index (κ2) is 4.45. The van der Waals surface area contributed by atoms with E-state index in [0.29, 0.717) is 5.56 Å². The van der Waals surface area contributed by atoms with Gasteiger partial charge >= 0.3 is 0 Å². The highest BCUT2D eigenvalue weighted by Gasteiger charge is 2.13. The lowest BCUT2D eigenvalue weighted by molar-refractivity contribution is -0.118. The largest absolute Gasteiger partial charge is 0.508 e. The summed E-state index contributed by atoms with van der Waals surface area (Å²) in [6, 6.07) is 5.91. The van der Waals surface area contributed by atoms with Crippen LogP contribution >= 0.6 is 0 Å². The van der Waals surface area contributed by atoms with Crippen molar-refractivity contribution in [2.45, 2.75) is 0 Å². The Morgan fingerprint density at radius 1 is 1.47 bits per heavy atom. The van der Waals surface area contributed by atoms with Crippen LogP contribution in [0.15, 0.2) is 24.3 Å². The number of likely N-dealkylation sites (N-methyl/N-ethyl adjacent to an activating group) is 1. The molecule has 3 N–H and O–H groups in total. The highest BCUT2D eigenvalue weighted by atomic mass is 16.3. The van der Waals surface area contributed by atoms with Crippen molar-refractivity contribution in [2.75, 3.05) is 13.6 Å². The van der Waals surface area contributed by atoms with E-state index in [9.17, 15) is 9.59 Å². The molecule has 0 aliphatic heterocycles. The molecule has 0 fully saturated rings. The lowest BCUT2D eigenvalue weighted by Gasteiger charge is -2.14. The standard InChI is InChI=1S/C10H12N2O3/c1-12(6-9(11)14)10(15)7-3-2-4-8(13)5-7/h2-5,13H,6H2,1H3,(H2,11,14). The molecule has 5 heteroatoms. The van der Waals surface area contributed by atoms with E-state index < -0.39 is 5.91 Å². The predicted molar refractivity (Wildman–Crippen MR) is 54.3 cm³/mol. The van der Waals surface area contributed by atoms with Crippen LogP contribution in [0.4, 0.5) is 0 Å². The summed E-state index contributed by atoms with van der Waals surface area (Å²) in [5, 5.41) is 9.16. The maximum atomic E-state index is 11.6. The fraction of sp³-hybridized carbons (Fsp3) is 0.200. The Balaban J connectivity index is 2.80. The molecule has 1 rings (SSSR count). The Morgan fingerprint density at radius 3 is 2.67 bits per heavy atom. The van der Waals surface area contributed by atoms with Crippen LogP contribution < -0.4 is 5.73 Å². The van der Waals surface area contributed by atoms with E-state index in [0.717, 1.165) is 0 Å². The van der Waals surface area contributed by atoms with Crippen molar-refractivity contribution in [1.82, 2.24) is 4.90 Å². The number of primary amides is 1. The third-order valence-electron chi connectivity index (χ3n) is 1.83. The average Bonchev–Trinajstić information content (AvgIpc) is 2.15. The van der Waals surface area contributed by atoms with E-state index in [-0.39, 0.29) is 18.2 Å². The van der Waals surface area contributed by atoms with Crippen LogP contribution in [0.5, 0.6) is 5.75 Å². The van der Waals surface area contributed by atoms with Gasteiger partial charge in [0, 0.05) is 12.6 Å². The first-order chi connectivity index (χ1) is 7.00. The zero-order valence-electron chi connectivity index (χ0n) is 8.30. The van der Waals surface area contributed by atoms with Crippen molar-refractivity contribution in [3.05, 3.63) is 29.8 Å². The molecular weight excluding hydrogens is 196 g/mol. The van der Waals surface area contributed by atoms with Crippen LogP contribution in [0, 0.1) is 0 Å². The topological polar surface area (TPSA) is 83.6 Å². The summed E-state index contributed by atoms with van der Waals surface area (Å²) in [5.74, 6) is -0.927. The van der Waals surface area contributed by atoms with E-state index in [4.69, 9.17) is 10.8 Å². The summed E-state index contributed by atoms with van der Waals surface area (Å²) in [5.41, 5.74) is 5.28. The zero-order chi connectivity index (χ0) is 11.4. The number of phenolic OH excluding ortho intramolecular Hbond substituents is 1. The lowest BCUT2D eigenvalue weighted by atomic mass is 10.2. The fourth-order valence-corrected chi connectivity index (χ4v) is 1.16. The zero-order valence-corrected chi connectivity index (χ0v) is 8.30. The van der Waals surface area contributed by atoms with E-state index in [2.05, 4.69) is 0 Å². The third-order valence-corrected chi connectivity index (χ3v) is 1.83. The molecule has 5 nitrogen and oxygen atoms in total. The molecule has 1 aromatic carbocycles. The Morgan fingerprint density at radius 2 is 2.13 bits per heavy atom. The predicted octanol–water partition coefficient (Wildman–Crippen LogP) is -0.0505. The summed E-state index contributed by atoms with van der Waals surface area (Å²) in [6.07, 6.45) is 0. The number of benzene rings is 1. The maximum absolute atomic E-state index is 11.6. The molecule has 80 valence electrons. The molecule has 1 aromatic rings. The SMILES string of the molecule is CN(CC(N)=O)C(=O)c1cccc(O)c1. The molecule has 0 unspecified atom stereocenters. The highest BCUT2D eigenvalue weighted by molar-refractivity contribution is 5.96. The molecule has 0 saturated heterocycles. The second-order valence-corrected chi connectivity index (χ2v) is 3.18. The van der Waals surface area contributed by atoms with Gasteiger partial charge in [-0.3, -0.25) is 9.59 Å². The van der Waals surface area contributed by atoms with Crippen molar-refractivity contribution in [3.8, 4) is 5.75 Å². The third kappa shape index (κ3) is 2.98. The number of aromatic hydroxyl groups is 1. The molecule has 0 heterocycles. The second-order valence-electron chi connectivity index (χ2n) is 3.18. The molecule has 15 heavy (non-hydrogen) atoms. The minimum Gasteiger partial charge on any atom is -0.508 e. The first-order valence-corrected chi connectivity index (χ1v) is 4.33. The maximum Gasteiger partial charge on any atom is 0.254 e. The quantitative estimate of drug-likeness (QED) is 0.730. The fourth-order valence-electron chi connectivity index (χ4n) is 1.16. The molecule has 0 atom stereocenters. The summed E-state index contributed by atoms with van der Waals surface area (Å²) >= 11 is 0. The number of carbonyl (C=O) groups is 2. The van der Waals surface area contributed by atoms with Gasteiger partial charge in [0.2, 0.25) is 5.91 Å². The number of rotatable bonds is 3. The molecular formula is C10H12N2O3. The van der Waals surface area contributed by atoms with Crippen molar-refractivity contribution in [1.29, 1.82) is 0 Å². The van der Waals surface area contributed by atoms with Crippen molar-refractivity contribution < 1.29 is 14.7 Å². The van der Waals surface area contributed by atoms with Gasteiger partial charge in [0.25, 0.3) is 5.91 Å². The van der Waals surface area contributed by atoms with E-state index in [1.54, 1.807) is 12.1 Å². The Hall–Kier alpha value is -2.04. The van der Waals surface area contributed by atoms with Gasteiger partial charge in [0.1, 0.15) is 5.75 Å². The van der Waals surface area contributed by atoms with Crippen LogP contribution in [0.2, 0.25) is 0 Å². The molecule has 0 radical (unpaired) electrons. The van der Waals surface area contributed by atoms with E-state index >= 15 is 0 Å². The first kappa shape index (κ1) is 11.0. The number of carbonyl (C=O) groups excluding carboxylic acids is 2. The molecule has 0 aliphatic rings. The molecule has 0 saturated carbocycles. The summed E-state index contributed by atoms with van der Waals surface area (Å²) < 4.78 is 0. The monoisotopic (exact) mass is 208 g/mol. The Bertz CT molecular complexity index is 390. The number of phenols is 1. The van der Waals surface area contributed by atoms with Crippen LogP contribution in [0.25, 0.3) is 0 Å². The van der Waals surface area contributed by atoms with Crippen LogP contribution in [0.3, 0.4) is 0 Å². The van der Waals surface area contributed by atoms with E-state index in [1.165, 1.54) is 24.1 Å². The lowest BCUT2D eigenvalue weighted by Crippen LogP contribution is -2.35. The van der Waals surface area contributed by atoms with Gasteiger partial charge in [0.15, 0.2) is 0 Å². The number of nitrogens with two attached hydrogens (primary N) is 1. The molecule has 0 bridgehead atoms. The van der Waals surface area contributed by atoms with Crippen LogP contribution in [0.1, 0.15) is 10.4 Å². The van der Waals surface area contributed by atoms with Gasteiger partial charge in [-0.2, -0.15) is 0 Å². The van der Waals surface area contributed by atoms with Crippen LogP contribution in [-0.4, -0.2) is 35.4 Å². The molecule has 0 aliphatic carbocycles. The average molecular weight is 208 g/mol. The number of hydrogen-bond donors (Lipinski definition) is 2. The molecule has 2 amide bonds. The number of amides is 2. The van der Waals surface area contributed by atoms with Gasteiger partial charge in [-0.05, 0) is 18.2 Å². The van der Waals surface area contributed by atoms with Gasteiger partial charge in [-0.25, -0.2) is 0 Å². The summed E-state index contributed by atoms with van der Waals surface area (Å²) in [4.78, 5) is 23.4.